The molecule has 0 bridgehead atoms. The molecule has 3 rings (SSSR count). The summed E-state index contributed by atoms with van der Waals surface area (Å²) >= 11 is 0. The molecule has 21 heavy (non-hydrogen) atoms. The first-order valence-corrected chi connectivity index (χ1v) is 7.51. The normalized spacial score (nSPS) is 18.9. The molecule has 1 aromatic carbocycles. The molecule has 0 radical (unpaired) electrons. The Morgan fingerprint density at radius 2 is 2.29 bits per heavy atom. The zero-order chi connectivity index (χ0) is 14.7. The molecule has 1 aliphatic heterocycles. The van der Waals surface area contributed by atoms with Gasteiger partial charge in [0.1, 0.15) is 12.4 Å². The topological polar surface area (TPSA) is 50.8 Å². The quantitative estimate of drug-likeness (QED) is 0.858. The van der Waals surface area contributed by atoms with Crippen molar-refractivity contribution >= 4 is 5.91 Å². The zero-order valence-electron chi connectivity index (χ0n) is 12.4. The van der Waals surface area contributed by atoms with Crippen LogP contribution in [0.2, 0.25) is 0 Å². The number of carbonyl (C=O) groups is 1. The fourth-order valence-corrected chi connectivity index (χ4v) is 2.54. The Kier molecular flexibility index (Phi) is 4.41. The van der Waals surface area contributed by atoms with Gasteiger partial charge in [0.25, 0.3) is 0 Å². The second-order valence-electron chi connectivity index (χ2n) is 5.67. The van der Waals surface area contributed by atoms with Crippen molar-refractivity contribution in [2.45, 2.75) is 32.0 Å². The highest BCUT2D eigenvalue weighted by atomic mass is 16.5. The molecule has 5 nitrogen and oxygen atoms in total. The molecule has 1 saturated carbocycles. The predicted octanol–water partition coefficient (Wildman–Crippen LogP) is 1.31. The molecule has 0 unspecified atom stereocenters. The van der Waals surface area contributed by atoms with Crippen LogP contribution in [0.3, 0.4) is 0 Å². The van der Waals surface area contributed by atoms with Crippen molar-refractivity contribution in [1.29, 1.82) is 0 Å². The minimum absolute atomic E-state index is 0.0461. The highest BCUT2D eigenvalue weighted by Crippen LogP contribution is 2.24. The van der Waals surface area contributed by atoms with E-state index in [-0.39, 0.29) is 12.5 Å². The number of methoxy groups -OCH3 is 1. The Labute approximate surface area is 125 Å². The minimum atomic E-state index is 0.0461. The van der Waals surface area contributed by atoms with E-state index in [1.807, 2.05) is 11.0 Å². The van der Waals surface area contributed by atoms with Crippen LogP contribution in [0.1, 0.15) is 24.0 Å². The first-order chi connectivity index (χ1) is 10.3. The molecule has 0 spiro atoms. The van der Waals surface area contributed by atoms with Gasteiger partial charge >= 0.3 is 0 Å². The van der Waals surface area contributed by atoms with E-state index in [0.29, 0.717) is 25.7 Å². The first kappa shape index (κ1) is 14.4. The van der Waals surface area contributed by atoms with Gasteiger partial charge < -0.3 is 19.7 Å². The molecule has 0 aromatic heterocycles. The maximum absolute atomic E-state index is 11.9. The van der Waals surface area contributed by atoms with Crippen LogP contribution in [0.4, 0.5) is 0 Å². The number of hydrogen-bond acceptors (Lipinski definition) is 4. The second-order valence-corrected chi connectivity index (χ2v) is 5.67. The molecule has 1 aliphatic carbocycles. The van der Waals surface area contributed by atoms with Gasteiger partial charge in [0.15, 0.2) is 0 Å². The lowest BCUT2D eigenvalue weighted by Crippen LogP contribution is -2.41. The van der Waals surface area contributed by atoms with Gasteiger partial charge in [-0.1, -0.05) is 6.07 Å². The smallest absolute Gasteiger partial charge is 0.248 e. The Hall–Kier alpha value is -1.59. The Morgan fingerprint density at radius 3 is 3.00 bits per heavy atom. The summed E-state index contributed by atoms with van der Waals surface area (Å²) in [5.74, 6) is 0.884. The largest absolute Gasteiger partial charge is 0.496 e. The third kappa shape index (κ3) is 3.74. The van der Waals surface area contributed by atoms with Crippen molar-refractivity contribution in [3.63, 3.8) is 0 Å². The van der Waals surface area contributed by atoms with Gasteiger partial charge in [0.2, 0.25) is 5.91 Å². The van der Waals surface area contributed by atoms with E-state index in [2.05, 4.69) is 17.4 Å². The number of rotatable bonds is 6. The van der Waals surface area contributed by atoms with Crippen molar-refractivity contribution in [1.82, 2.24) is 10.2 Å². The van der Waals surface area contributed by atoms with Crippen LogP contribution in [-0.2, 0) is 22.6 Å². The third-order valence-corrected chi connectivity index (χ3v) is 3.96. The summed E-state index contributed by atoms with van der Waals surface area (Å²) in [7, 11) is 1.67. The first-order valence-electron chi connectivity index (χ1n) is 7.51. The van der Waals surface area contributed by atoms with E-state index >= 15 is 0 Å². The van der Waals surface area contributed by atoms with E-state index in [9.17, 15) is 4.79 Å². The number of hydrogen-bond donors (Lipinski definition) is 1. The molecule has 2 aliphatic rings. The van der Waals surface area contributed by atoms with Gasteiger partial charge in [-0.15, -0.1) is 0 Å². The highest BCUT2D eigenvalue weighted by molar-refractivity contribution is 5.78. The van der Waals surface area contributed by atoms with Crippen LogP contribution >= 0.6 is 0 Å². The maximum atomic E-state index is 11.9. The lowest BCUT2D eigenvalue weighted by Gasteiger charge is -2.27. The standard InChI is InChI=1S/C16H22N2O3/c1-20-15-5-2-12(9-17-14-3-4-14)8-13(15)10-18-6-7-21-11-16(18)19/h2,5,8,14,17H,3-4,6-7,9-11H2,1H3. The molecule has 5 heteroatoms. The summed E-state index contributed by atoms with van der Waals surface area (Å²) in [5.41, 5.74) is 2.29. The molecule has 0 atom stereocenters. The van der Waals surface area contributed by atoms with E-state index in [1.165, 1.54) is 18.4 Å². The van der Waals surface area contributed by atoms with E-state index < -0.39 is 0 Å². The summed E-state index contributed by atoms with van der Waals surface area (Å²) in [6.07, 6.45) is 2.57. The summed E-state index contributed by atoms with van der Waals surface area (Å²) in [6, 6.07) is 6.90. The number of amides is 1. The number of nitrogens with one attached hydrogen (secondary N) is 1. The van der Waals surface area contributed by atoms with E-state index in [0.717, 1.165) is 17.9 Å². The molecule has 114 valence electrons. The monoisotopic (exact) mass is 290 g/mol. The molecule has 1 heterocycles. The number of carbonyl (C=O) groups excluding carboxylic acids is 1. The van der Waals surface area contributed by atoms with Crippen LogP contribution in [0.25, 0.3) is 0 Å². The average Bonchev–Trinajstić information content (AvgIpc) is 3.32. The van der Waals surface area contributed by atoms with Crippen LogP contribution in [-0.4, -0.2) is 43.7 Å². The molecular weight excluding hydrogens is 268 g/mol. The predicted molar refractivity (Wildman–Crippen MR) is 79.1 cm³/mol. The van der Waals surface area contributed by atoms with Gasteiger partial charge in [0.05, 0.1) is 13.7 Å². The SMILES string of the molecule is COc1ccc(CNC2CC2)cc1CN1CCOCC1=O. The Morgan fingerprint density at radius 1 is 1.43 bits per heavy atom. The fourth-order valence-electron chi connectivity index (χ4n) is 2.54. The van der Waals surface area contributed by atoms with Gasteiger partial charge in [-0.05, 0) is 30.5 Å². The average molecular weight is 290 g/mol. The molecule has 1 N–H and O–H groups in total. The Bertz CT molecular complexity index is 514. The van der Waals surface area contributed by atoms with Crippen LogP contribution in [0.5, 0.6) is 5.75 Å². The molecular formula is C16H22N2O3. The maximum Gasteiger partial charge on any atom is 0.248 e. The number of morpholine rings is 1. The van der Waals surface area contributed by atoms with Crippen molar-refractivity contribution in [3.05, 3.63) is 29.3 Å². The Balaban J connectivity index is 1.70. The van der Waals surface area contributed by atoms with Crippen LogP contribution in [0, 0.1) is 0 Å². The fraction of sp³-hybridized carbons (Fsp3) is 0.562. The molecule has 1 amide bonds. The van der Waals surface area contributed by atoms with Crippen LogP contribution in [0.15, 0.2) is 18.2 Å². The lowest BCUT2D eigenvalue weighted by molar-refractivity contribution is -0.143. The highest BCUT2D eigenvalue weighted by Gasteiger charge is 2.21. The van der Waals surface area contributed by atoms with Crippen molar-refractivity contribution in [2.75, 3.05) is 26.9 Å². The number of benzene rings is 1. The van der Waals surface area contributed by atoms with Crippen molar-refractivity contribution in [2.24, 2.45) is 0 Å². The van der Waals surface area contributed by atoms with Crippen molar-refractivity contribution in [3.8, 4) is 5.75 Å². The van der Waals surface area contributed by atoms with Gasteiger partial charge in [-0.3, -0.25) is 4.79 Å². The third-order valence-electron chi connectivity index (χ3n) is 3.96. The van der Waals surface area contributed by atoms with Crippen LogP contribution < -0.4 is 10.1 Å². The van der Waals surface area contributed by atoms with E-state index in [4.69, 9.17) is 9.47 Å². The lowest BCUT2D eigenvalue weighted by atomic mass is 10.1. The number of ether oxygens (including phenoxy) is 2. The van der Waals surface area contributed by atoms with Gasteiger partial charge in [-0.25, -0.2) is 0 Å². The summed E-state index contributed by atoms with van der Waals surface area (Å²) < 4.78 is 10.6. The summed E-state index contributed by atoms with van der Waals surface area (Å²) in [4.78, 5) is 13.7. The van der Waals surface area contributed by atoms with E-state index in [1.54, 1.807) is 7.11 Å². The molecule has 2 fully saturated rings. The second kappa shape index (κ2) is 6.45. The summed E-state index contributed by atoms with van der Waals surface area (Å²) in [5, 5.41) is 3.51. The number of nitrogens with zero attached hydrogens (tertiary/aromatic N) is 1. The van der Waals surface area contributed by atoms with Crippen molar-refractivity contribution < 1.29 is 14.3 Å². The zero-order valence-corrected chi connectivity index (χ0v) is 12.4. The molecule has 1 saturated heterocycles. The minimum Gasteiger partial charge on any atom is -0.496 e. The van der Waals surface area contributed by atoms with Gasteiger partial charge in [-0.2, -0.15) is 0 Å². The molecule has 1 aromatic rings. The summed E-state index contributed by atoms with van der Waals surface area (Å²) in [6.45, 7) is 2.90. The van der Waals surface area contributed by atoms with Gasteiger partial charge in [0, 0.05) is 31.2 Å².